The van der Waals surface area contributed by atoms with Crippen molar-refractivity contribution in [3.63, 3.8) is 0 Å². The van der Waals surface area contributed by atoms with Crippen molar-refractivity contribution in [1.29, 1.82) is 0 Å². The van der Waals surface area contributed by atoms with Crippen LogP contribution >= 0.6 is 0 Å². The molecule has 0 radical (unpaired) electrons. The Labute approximate surface area is 116 Å². The molecule has 5 nitrogen and oxygen atoms in total. The zero-order valence-electron chi connectivity index (χ0n) is 11.1. The van der Waals surface area contributed by atoms with Crippen molar-refractivity contribution >= 4 is 15.7 Å². The molecule has 0 saturated heterocycles. The van der Waals surface area contributed by atoms with Crippen molar-refractivity contribution in [2.75, 3.05) is 4.72 Å². The molecule has 7 heteroatoms. The van der Waals surface area contributed by atoms with Gasteiger partial charge in [0, 0.05) is 24.6 Å². The highest BCUT2D eigenvalue weighted by molar-refractivity contribution is 7.92. The molecule has 1 aromatic heterocycles. The molecule has 0 aliphatic heterocycles. The van der Waals surface area contributed by atoms with Crippen LogP contribution in [0.25, 0.3) is 0 Å². The van der Waals surface area contributed by atoms with Crippen LogP contribution in [0.15, 0.2) is 35.4 Å². The Bertz CT molecular complexity index is 738. The van der Waals surface area contributed by atoms with Crippen LogP contribution < -0.4 is 4.72 Å². The van der Waals surface area contributed by atoms with Gasteiger partial charge >= 0.3 is 0 Å². The number of hydrogen-bond acceptors (Lipinski definition) is 3. The van der Waals surface area contributed by atoms with Gasteiger partial charge in [0.2, 0.25) is 0 Å². The molecule has 0 spiro atoms. The van der Waals surface area contributed by atoms with Gasteiger partial charge in [-0.05, 0) is 36.8 Å². The number of benzene rings is 1. The maximum atomic E-state index is 13.1. The second-order valence-corrected chi connectivity index (χ2v) is 6.19. The summed E-state index contributed by atoms with van der Waals surface area (Å²) >= 11 is 0. The van der Waals surface area contributed by atoms with E-state index < -0.39 is 15.8 Å². The summed E-state index contributed by atoms with van der Waals surface area (Å²) < 4.78 is 41.4. The maximum Gasteiger partial charge on any atom is 0.263 e. The van der Waals surface area contributed by atoms with E-state index in [1.807, 2.05) is 0 Å². The summed E-state index contributed by atoms with van der Waals surface area (Å²) in [5, 5.41) is 9.08. The third kappa shape index (κ3) is 2.83. The molecule has 20 heavy (non-hydrogen) atoms. The molecule has 0 aliphatic carbocycles. The number of nitrogens with one attached hydrogen (secondary N) is 1. The summed E-state index contributed by atoms with van der Waals surface area (Å²) in [6.45, 7) is 1.31. The smallest absolute Gasteiger partial charge is 0.263 e. The number of aromatic nitrogens is 1. The number of sulfonamides is 1. The summed E-state index contributed by atoms with van der Waals surface area (Å²) in [6.07, 6.45) is 1.41. The van der Waals surface area contributed by atoms with E-state index in [1.165, 1.54) is 35.0 Å². The Kier molecular flexibility index (Phi) is 3.82. The summed E-state index contributed by atoms with van der Waals surface area (Å²) in [6, 6.07) is 5.37. The molecular weight excluding hydrogens is 283 g/mol. The second-order valence-electron chi connectivity index (χ2n) is 4.51. The van der Waals surface area contributed by atoms with E-state index >= 15 is 0 Å². The first-order valence-electron chi connectivity index (χ1n) is 5.88. The highest BCUT2D eigenvalue weighted by atomic mass is 32.2. The lowest BCUT2D eigenvalue weighted by Gasteiger charge is -2.07. The molecule has 1 heterocycles. The number of aryl methyl sites for hydroxylation is 2. The van der Waals surface area contributed by atoms with E-state index in [1.54, 1.807) is 14.0 Å². The predicted octanol–water partition coefficient (Wildman–Crippen LogP) is 1.77. The van der Waals surface area contributed by atoms with Crippen LogP contribution in [0.4, 0.5) is 10.1 Å². The van der Waals surface area contributed by atoms with Crippen LogP contribution in [-0.2, 0) is 23.7 Å². The van der Waals surface area contributed by atoms with Gasteiger partial charge in [0.05, 0.1) is 6.61 Å². The molecule has 0 fully saturated rings. The van der Waals surface area contributed by atoms with E-state index in [-0.39, 0.29) is 11.5 Å². The fourth-order valence-corrected chi connectivity index (χ4v) is 2.95. The standard InChI is InChI=1S/C13H15FN2O3S/c1-9-5-10(3-4-13(9)14)15-20(18,19)12-6-11(8-17)16(2)7-12/h3-7,15,17H,8H2,1-2H3. The number of rotatable bonds is 4. The van der Waals surface area contributed by atoms with E-state index in [0.717, 1.165) is 0 Å². The number of hydrogen-bond donors (Lipinski definition) is 2. The second kappa shape index (κ2) is 5.26. The number of anilines is 1. The molecule has 1 aromatic carbocycles. The minimum atomic E-state index is -3.76. The Morgan fingerprint density at radius 1 is 1.35 bits per heavy atom. The van der Waals surface area contributed by atoms with Gasteiger partial charge in [-0.1, -0.05) is 0 Å². The molecule has 0 unspecified atom stereocenters. The van der Waals surface area contributed by atoms with Crippen LogP contribution in [0.2, 0.25) is 0 Å². The molecule has 2 rings (SSSR count). The Morgan fingerprint density at radius 2 is 2.05 bits per heavy atom. The van der Waals surface area contributed by atoms with Gasteiger partial charge in [-0.2, -0.15) is 0 Å². The van der Waals surface area contributed by atoms with Crippen LogP contribution in [-0.4, -0.2) is 18.1 Å². The fourth-order valence-electron chi connectivity index (χ4n) is 1.80. The Morgan fingerprint density at radius 3 is 2.60 bits per heavy atom. The molecule has 0 saturated carbocycles. The predicted molar refractivity (Wildman–Crippen MR) is 73.3 cm³/mol. The highest BCUT2D eigenvalue weighted by Gasteiger charge is 2.17. The highest BCUT2D eigenvalue weighted by Crippen LogP contribution is 2.20. The molecule has 0 atom stereocenters. The van der Waals surface area contributed by atoms with Gasteiger partial charge in [0.15, 0.2) is 0 Å². The summed E-state index contributed by atoms with van der Waals surface area (Å²) in [7, 11) is -2.11. The topological polar surface area (TPSA) is 71.3 Å². The van der Waals surface area contributed by atoms with Gasteiger partial charge in [-0.25, -0.2) is 12.8 Å². The van der Waals surface area contributed by atoms with E-state index in [2.05, 4.69) is 4.72 Å². The van der Waals surface area contributed by atoms with Gasteiger partial charge in [0.25, 0.3) is 10.0 Å². The van der Waals surface area contributed by atoms with Crippen molar-refractivity contribution in [2.45, 2.75) is 18.4 Å². The molecule has 0 bridgehead atoms. The lowest BCUT2D eigenvalue weighted by Crippen LogP contribution is -2.12. The SMILES string of the molecule is Cc1cc(NS(=O)(=O)c2cc(CO)n(C)c2)ccc1F. The Balaban J connectivity index is 2.32. The summed E-state index contributed by atoms with van der Waals surface area (Å²) in [5.41, 5.74) is 1.13. The van der Waals surface area contributed by atoms with Crippen LogP contribution in [0.3, 0.4) is 0 Å². The van der Waals surface area contributed by atoms with Crippen LogP contribution in [0, 0.1) is 12.7 Å². The van der Waals surface area contributed by atoms with Crippen molar-refractivity contribution in [2.24, 2.45) is 7.05 Å². The minimum Gasteiger partial charge on any atom is -0.390 e. The minimum absolute atomic E-state index is 0.0472. The summed E-state index contributed by atoms with van der Waals surface area (Å²) in [5.74, 6) is -0.393. The van der Waals surface area contributed by atoms with Crippen LogP contribution in [0.5, 0.6) is 0 Å². The number of aliphatic hydroxyl groups is 1. The van der Waals surface area contributed by atoms with Crippen molar-refractivity contribution < 1.29 is 17.9 Å². The largest absolute Gasteiger partial charge is 0.390 e. The van der Waals surface area contributed by atoms with Crippen molar-refractivity contribution in [1.82, 2.24) is 4.57 Å². The lowest BCUT2D eigenvalue weighted by atomic mass is 10.2. The third-order valence-electron chi connectivity index (χ3n) is 2.97. The van der Waals surface area contributed by atoms with E-state index in [0.29, 0.717) is 16.9 Å². The van der Waals surface area contributed by atoms with Crippen LogP contribution in [0.1, 0.15) is 11.3 Å². The number of aliphatic hydroxyl groups excluding tert-OH is 1. The Hall–Kier alpha value is -1.86. The zero-order valence-corrected chi connectivity index (χ0v) is 11.9. The molecular formula is C13H15FN2O3S. The lowest BCUT2D eigenvalue weighted by molar-refractivity contribution is 0.272. The summed E-state index contributed by atoms with van der Waals surface area (Å²) in [4.78, 5) is 0.0472. The van der Waals surface area contributed by atoms with Gasteiger partial charge in [-0.15, -0.1) is 0 Å². The number of nitrogens with zero attached hydrogens (tertiary/aromatic N) is 1. The zero-order chi connectivity index (χ0) is 14.9. The van der Waals surface area contributed by atoms with Gasteiger partial charge in [-0.3, -0.25) is 4.72 Å². The fraction of sp³-hybridized carbons (Fsp3) is 0.231. The average Bonchev–Trinajstić information content (AvgIpc) is 2.76. The molecule has 0 aliphatic rings. The van der Waals surface area contributed by atoms with E-state index in [9.17, 15) is 12.8 Å². The van der Waals surface area contributed by atoms with E-state index in [4.69, 9.17) is 5.11 Å². The molecule has 0 amide bonds. The van der Waals surface area contributed by atoms with Crippen molar-refractivity contribution in [3.8, 4) is 0 Å². The first-order chi connectivity index (χ1) is 9.33. The molecule has 108 valence electrons. The van der Waals surface area contributed by atoms with Gasteiger partial charge in [0.1, 0.15) is 10.7 Å². The third-order valence-corrected chi connectivity index (χ3v) is 4.31. The van der Waals surface area contributed by atoms with Gasteiger partial charge < -0.3 is 9.67 Å². The van der Waals surface area contributed by atoms with Crippen molar-refractivity contribution in [3.05, 3.63) is 47.5 Å². The quantitative estimate of drug-likeness (QED) is 0.903. The number of halogens is 1. The maximum absolute atomic E-state index is 13.1. The first-order valence-corrected chi connectivity index (χ1v) is 7.37. The first kappa shape index (κ1) is 14.5. The molecule has 2 aromatic rings. The molecule has 2 N–H and O–H groups in total. The monoisotopic (exact) mass is 298 g/mol. The normalized spacial score (nSPS) is 11.6. The average molecular weight is 298 g/mol.